The smallest absolute Gasteiger partial charge is 0.270 e. The molecule has 2 aromatic heterocycles. The molecule has 4 fully saturated rings. The Kier molecular flexibility index (Phi) is 11.4. The maximum atomic E-state index is 15.4. The second-order valence-corrected chi connectivity index (χ2v) is 14.5. The number of hydrogen-bond acceptors (Lipinski definition) is 13. The van der Waals surface area contributed by atoms with E-state index in [1.165, 1.54) is 19.2 Å². The van der Waals surface area contributed by atoms with Crippen molar-refractivity contribution in [1.82, 2.24) is 41.0 Å². The van der Waals surface area contributed by atoms with Gasteiger partial charge in [-0.15, -0.1) is 5.10 Å². The van der Waals surface area contributed by atoms with E-state index in [4.69, 9.17) is 0 Å². The largest absolute Gasteiger partial charge is 0.370 e. The number of rotatable bonds is 10. The van der Waals surface area contributed by atoms with E-state index in [1.54, 1.807) is 12.3 Å². The summed E-state index contributed by atoms with van der Waals surface area (Å²) < 4.78 is 15.4. The number of piperidine rings is 3. The third-order valence-corrected chi connectivity index (χ3v) is 10.6. The van der Waals surface area contributed by atoms with Crippen molar-refractivity contribution in [2.45, 2.75) is 57.5 Å². The van der Waals surface area contributed by atoms with Gasteiger partial charge in [-0.2, -0.15) is 10.1 Å². The molecule has 0 saturated carbocycles. The average Bonchev–Trinajstić information content (AvgIpc) is 3.17. The second kappa shape index (κ2) is 16.7. The predicted molar refractivity (Wildman–Crippen MR) is 200 cm³/mol. The number of carbonyl (C=O) groups excluding carboxylic acids is 4. The highest BCUT2D eigenvalue weighted by Gasteiger charge is 2.29. The van der Waals surface area contributed by atoms with Crippen LogP contribution in [-0.4, -0.2) is 120 Å². The van der Waals surface area contributed by atoms with Crippen LogP contribution in [0.5, 0.6) is 0 Å². The van der Waals surface area contributed by atoms with Gasteiger partial charge in [0, 0.05) is 84.0 Å². The Morgan fingerprint density at radius 3 is 2.44 bits per heavy atom. The van der Waals surface area contributed by atoms with Crippen LogP contribution < -0.4 is 36.0 Å². The summed E-state index contributed by atoms with van der Waals surface area (Å²) in [6, 6.07) is 8.01. The molecule has 16 nitrogen and oxygen atoms in total. The van der Waals surface area contributed by atoms with Crippen LogP contribution >= 0.6 is 0 Å². The lowest BCUT2D eigenvalue weighted by atomic mass is 9.95. The van der Waals surface area contributed by atoms with Crippen molar-refractivity contribution in [3.05, 3.63) is 54.2 Å². The maximum absolute atomic E-state index is 15.4. The summed E-state index contributed by atoms with van der Waals surface area (Å²) >= 11 is 0. The van der Waals surface area contributed by atoms with Crippen molar-refractivity contribution in [2.75, 3.05) is 78.9 Å². The highest BCUT2D eigenvalue weighted by atomic mass is 19.1. The molecule has 2 atom stereocenters. The number of piperazine rings is 1. The van der Waals surface area contributed by atoms with Crippen molar-refractivity contribution >= 4 is 52.5 Å². The van der Waals surface area contributed by atoms with E-state index in [9.17, 15) is 19.2 Å². The number of pyridine rings is 1. The van der Waals surface area contributed by atoms with Gasteiger partial charge in [-0.1, -0.05) is 0 Å². The van der Waals surface area contributed by atoms with Gasteiger partial charge >= 0.3 is 0 Å². The third kappa shape index (κ3) is 9.18. The van der Waals surface area contributed by atoms with Gasteiger partial charge in [0.2, 0.25) is 23.7 Å². The molecule has 4 amide bonds. The first-order valence-corrected chi connectivity index (χ1v) is 18.8. The summed E-state index contributed by atoms with van der Waals surface area (Å²) in [7, 11) is 0. The summed E-state index contributed by atoms with van der Waals surface area (Å²) in [5, 5.41) is 19.3. The van der Waals surface area contributed by atoms with E-state index >= 15 is 4.39 Å². The molecule has 0 aliphatic carbocycles. The number of aromatic nitrogens is 4. The van der Waals surface area contributed by atoms with Crippen LogP contribution in [0, 0.1) is 11.7 Å². The lowest BCUT2D eigenvalue weighted by Crippen LogP contribution is -2.52. The Morgan fingerprint density at radius 1 is 0.907 bits per heavy atom. The van der Waals surface area contributed by atoms with Gasteiger partial charge in [0.25, 0.3) is 5.91 Å². The fourth-order valence-electron chi connectivity index (χ4n) is 7.72. The first-order chi connectivity index (χ1) is 26.2. The van der Waals surface area contributed by atoms with E-state index in [1.807, 2.05) is 23.1 Å². The topological polar surface area (TPSA) is 181 Å². The molecule has 3 aromatic rings. The number of anilines is 5. The molecule has 4 aliphatic rings. The van der Waals surface area contributed by atoms with Gasteiger partial charge in [0.15, 0.2) is 5.82 Å². The predicted octanol–water partition coefficient (Wildman–Crippen LogP) is 1.83. The molecule has 0 radical (unpaired) electrons. The molecule has 0 spiro atoms. The van der Waals surface area contributed by atoms with E-state index in [0.717, 1.165) is 83.7 Å². The number of halogens is 1. The molecule has 4 aliphatic heterocycles. The van der Waals surface area contributed by atoms with Crippen LogP contribution in [0.25, 0.3) is 0 Å². The minimum atomic E-state index is -0.739. The number of amides is 4. The molecule has 1 unspecified atom stereocenters. The van der Waals surface area contributed by atoms with Gasteiger partial charge in [-0.25, -0.2) is 9.37 Å². The van der Waals surface area contributed by atoms with Crippen LogP contribution in [0.3, 0.4) is 0 Å². The van der Waals surface area contributed by atoms with Crippen LogP contribution in [0.1, 0.15) is 55.9 Å². The Labute approximate surface area is 313 Å². The first-order valence-electron chi connectivity index (χ1n) is 18.8. The Balaban J connectivity index is 0.841. The zero-order valence-electron chi connectivity index (χ0n) is 30.5. The molecule has 6 heterocycles. The highest BCUT2D eigenvalue weighted by Crippen LogP contribution is 2.28. The zero-order valence-corrected chi connectivity index (χ0v) is 30.5. The number of benzene rings is 1. The minimum Gasteiger partial charge on any atom is -0.370 e. The molecular weight excluding hydrogens is 695 g/mol. The number of imide groups is 1. The summed E-state index contributed by atoms with van der Waals surface area (Å²) in [5.74, 6) is -0.112. The number of hydrogen-bond donors (Lipinski definition) is 4. The average molecular weight is 743 g/mol. The van der Waals surface area contributed by atoms with E-state index < -0.39 is 17.9 Å². The molecule has 4 saturated heterocycles. The van der Waals surface area contributed by atoms with Crippen LogP contribution in [0.4, 0.5) is 33.2 Å². The summed E-state index contributed by atoms with van der Waals surface area (Å²) in [6.45, 7) is 8.89. The summed E-state index contributed by atoms with van der Waals surface area (Å²) in [5.41, 5.74) is 2.34. The van der Waals surface area contributed by atoms with Gasteiger partial charge in [0.05, 0.1) is 23.8 Å². The normalized spacial score (nSPS) is 21.4. The van der Waals surface area contributed by atoms with E-state index in [-0.39, 0.29) is 42.2 Å². The Morgan fingerprint density at radius 2 is 1.72 bits per heavy atom. The summed E-state index contributed by atoms with van der Waals surface area (Å²) in [6.07, 6.45) is 7.58. The van der Waals surface area contributed by atoms with Crippen molar-refractivity contribution in [3.63, 3.8) is 0 Å². The number of nitrogens with zero attached hydrogens (tertiary/aromatic N) is 8. The highest BCUT2D eigenvalue weighted by molar-refractivity contribution is 6.03. The molecule has 7 rings (SSSR count). The van der Waals surface area contributed by atoms with E-state index in [0.29, 0.717) is 35.6 Å². The monoisotopic (exact) mass is 742 g/mol. The zero-order chi connectivity index (χ0) is 37.6. The van der Waals surface area contributed by atoms with Gasteiger partial charge in [0.1, 0.15) is 17.6 Å². The SMILES string of the molecule is CC(=O)N[C@@H]1CCCN(c2nncc(Nc3ccc(N4CCN(CC5CCN(c6ccc(C(=O)NC7CCC(=O)NC7=O)nc6)CC5)CC4)c(F)c3)n2)C1. The van der Waals surface area contributed by atoms with Gasteiger partial charge in [-0.05, 0) is 68.4 Å². The minimum absolute atomic E-state index is 0.0359. The molecule has 17 heteroatoms. The van der Waals surface area contributed by atoms with Crippen molar-refractivity contribution < 1.29 is 23.6 Å². The standard InChI is InChI=1S/C37H47FN12O4/c1-24(51)41-27-3-2-12-50(23-27)37-44-33(21-40-46-37)42-26-4-8-32(29(38)19-26)49-17-15-47(16-18-49)22-25-10-13-48(14-11-25)28-5-6-30(39-20-28)35(53)43-31-7-9-34(52)45-36(31)54/h4-6,8,19-21,25,27,31H,2-3,7,9-18,22-23H2,1H3,(H,41,51)(H,43,53)(H,42,44,46)(H,45,52,54)/t27-,31?/m1/s1. The molecule has 0 bridgehead atoms. The van der Waals surface area contributed by atoms with Crippen molar-refractivity contribution in [3.8, 4) is 0 Å². The van der Waals surface area contributed by atoms with E-state index in [2.05, 4.69) is 56.1 Å². The van der Waals surface area contributed by atoms with Gasteiger partial charge < -0.3 is 30.7 Å². The number of nitrogens with one attached hydrogen (secondary N) is 4. The fraction of sp³-hybridized carbons (Fsp3) is 0.514. The molecule has 54 heavy (non-hydrogen) atoms. The maximum Gasteiger partial charge on any atom is 0.270 e. The molecule has 286 valence electrons. The van der Waals surface area contributed by atoms with Crippen molar-refractivity contribution in [2.24, 2.45) is 5.92 Å². The molecule has 4 N–H and O–H groups in total. The van der Waals surface area contributed by atoms with Crippen LogP contribution in [-0.2, 0) is 14.4 Å². The fourth-order valence-corrected chi connectivity index (χ4v) is 7.72. The first kappa shape index (κ1) is 36.9. The Hall–Kier alpha value is -5.45. The van der Waals surface area contributed by atoms with Crippen molar-refractivity contribution in [1.29, 1.82) is 0 Å². The summed E-state index contributed by atoms with van der Waals surface area (Å²) in [4.78, 5) is 65.3. The van der Waals surface area contributed by atoms with Crippen LogP contribution in [0.2, 0.25) is 0 Å². The van der Waals surface area contributed by atoms with Crippen LogP contribution in [0.15, 0.2) is 42.7 Å². The third-order valence-electron chi connectivity index (χ3n) is 10.6. The lowest BCUT2D eigenvalue weighted by Gasteiger charge is -2.40. The lowest BCUT2D eigenvalue weighted by molar-refractivity contribution is -0.134. The molecule has 1 aromatic carbocycles. The molecular formula is C37H47FN12O4. The quantitative estimate of drug-likeness (QED) is 0.221. The number of carbonyl (C=O) groups is 4. The van der Waals surface area contributed by atoms with Gasteiger partial charge in [-0.3, -0.25) is 29.4 Å². The second-order valence-electron chi connectivity index (χ2n) is 14.5. The Bertz CT molecular complexity index is 1830.